The van der Waals surface area contributed by atoms with Crippen LogP contribution in [0.5, 0.6) is 0 Å². The van der Waals surface area contributed by atoms with Gasteiger partial charge in [0, 0.05) is 12.6 Å². The molecule has 0 aromatic rings. The molecule has 2 nitrogen and oxygen atoms in total. The first-order valence-corrected chi connectivity index (χ1v) is 7.86. The van der Waals surface area contributed by atoms with E-state index in [9.17, 15) is 0 Å². The van der Waals surface area contributed by atoms with Gasteiger partial charge in [-0.15, -0.1) is 0 Å². The van der Waals surface area contributed by atoms with Gasteiger partial charge in [-0.25, -0.2) is 0 Å². The smallest absolute Gasteiger partial charge is 0.0810 e. The van der Waals surface area contributed by atoms with Crippen LogP contribution in [0.2, 0.25) is 0 Å². The highest BCUT2D eigenvalue weighted by molar-refractivity contribution is 4.87. The van der Waals surface area contributed by atoms with Gasteiger partial charge in [-0.1, -0.05) is 53.4 Å². The predicted molar refractivity (Wildman–Crippen MR) is 79.0 cm³/mol. The van der Waals surface area contributed by atoms with E-state index >= 15 is 0 Å². The number of rotatable bonds is 6. The standard InChI is InChI=1S/C16H33NO/c1-13(2)15(5)18-16(12-17-14(3)4)10-8-6-7-9-11-16/h13-15,17H,6-12H2,1-5H3. The number of hydrogen-bond acceptors (Lipinski definition) is 2. The first-order chi connectivity index (χ1) is 8.45. The quantitative estimate of drug-likeness (QED) is 0.720. The summed E-state index contributed by atoms with van der Waals surface area (Å²) >= 11 is 0. The van der Waals surface area contributed by atoms with E-state index in [1.807, 2.05) is 0 Å². The zero-order chi connectivity index (χ0) is 13.6. The summed E-state index contributed by atoms with van der Waals surface area (Å²) in [5.41, 5.74) is 0.0878. The Kier molecular flexibility index (Phi) is 6.65. The van der Waals surface area contributed by atoms with Crippen LogP contribution in [0.3, 0.4) is 0 Å². The highest BCUT2D eigenvalue weighted by Crippen LogP contribution is 2.32. The second-order valence-electron chi connectivity index (χ2n) is 6.70. The lowest BCUT2D eigenvalue weighted by Crippen LogP contribution is -2.47. The fraction of sp³-hybridized carbons (Fsp3) is 1.00. The van der Waals surface area contributed by atoms with Crippen LogP contribution in [0.1, 0.15) is 73.1 Å². The van der Waals surface area contributed by atoms with Crippen LogP contribution in [-0.4, -0.2) is 24.3 Å². The van der Waals surface area contributed by atoms with E-state index in [2.05, 4.69) is 39.9 Å². The zero-order valence-corrected chi connectivity index (χ0v) is 13.1. The van der Waals surface area contributed by atoms with Gasteiger partial charge in [0.2, 0.25) is 0 Å². The van der Waals surface area contributed by atoms with Crippen molar-refractivity contribution in [2.45, 2.75) is 90.9 Å². The summed E-state index contributed by atoms with van der Waals surface area (Å²) in [7, 11) is 0. The minimum atomic E-state index is 0.0878. The summed E-state index contributed by atoms with van der Waals surface area (Å²) in [6.45, 7) is 12.2. The maximum atomic E-state index is 6.51. The molecule has 0 aliphatic heterocycles. The Morgan fingerprint density at radius 2 is 1.50 bits per heavy atom. The highest BCUT2D eigenvalue weighted by atomic mass is 16.5. The van der Waals surface area contributed by atoms with Crippen LogP contribution in [0, 0.1) is 5.92 Å². The van der Waals surface area contributed by atoms with Crippen LogP contribution in [0.15, 0.2) is 0 Å². The van der Waals surface area contributed by atoms with E-state index in [-0.39, 0.29) is 5.60 Å². The van der Waals surface area contributed by atoms with E-state index in [0.717, 1.165) is 6.54 Å². The lowest BCUT2D eigenvalue weighted by molar-refractivity contribution is -0.110. The third-order valence-electron chi connectivity index (χ3n) is 4.22. The van der Waals surface area contributed by atoms with Gasteiger partial charge in [-0.3, -0.25) is 0 Å². The van der Waals surface area contributed by atoms with Gasteiger partial charge in [0.1, 0.15) is 0 Å². The molecule has 1 rings (SSSR count). The molecule has 1 aliphatic carbocycles. The zero-order valence-electron chi connectivity index (χ0n) is 13.1. The second-order valence-corrected chi connectivity index (χ2v) is 6.70. The maximum absolute atomic E-state index is 6.51. The van der Waals surface area contributed by atoms with Crippen molar-refractivity contribution in [1.29, 1.82) is 0 Å². The van der Waals surface area contributed by atoms with Crippen molar-refractivity contribution in [2.75, 3.05) is 6.54 Å². The SMILES string of the molecule is CC(C)NCC1(OC(C)C(C)C)CCCCCC1. The van der Waals surface area contributed by atoms with E-state index in [1.165, 1.54) is 38.5 Å². The predicted octanol–water partition coefficient (Wildman–Crippen LogP) is 4.14. The van der Waals surface area contributed by atoms with Crippen molar-refractivity contribution >= 4 is 0 Å². The van der Waals surface area contributed by atoms with Gasteiger partial charge in [0.25, 0.3) is 0 Å². The summed E-state index contributed by atoms with van der Waals surface area (Å²) in [6.07, 6.45) is 8.21. The summed E-state index contributed by atoms with van der Waals surface area (Å²) in [6, 6.07) is 0.545. The van der Waals surface area contributed by atoms with Gasteiger partial charge in [0.15, 0.2) is 0 Å². The summed E-state index contributed by atoms with van der Waals surface area (Å²) in [4.78, 5) is 0. The molecule has 1 aliphatic rings. The molecule has 0 heterocycles. The molecule has 108 valence electrons. The summed E-state index contributed by atoms with van der Waals surface area (Å²) in [5.74, 6) is 0.601. The second kappa shape index (κ2) is 7.49. The first-order valence-electron chi connectivity index (χ1n) is 7.86. The third kappa shape index (κ3) is 5.27. The minimum Gasteiger partial charge on any atom is -0.370 e. The molecule has 0 radical (unpaired) electrons. The molecule has 1 atom stereocenters. The number of ether oxygens (including phenoxy) is 1. The van der Waals surface area contributed by atoms with Gasteiger partial charge in [0.05, 0.1) is 11.7 Å². The molecule has 18 heavy (non-hydrogen) atoms. The van der Waals surface area contributed by atoms with Gasteiger partial charge < -0.3 is 10.1 Å². The van der Waals surface area contributed by atoms with Crippen molar-refractivity contribution in [2.24, 2.45) is 5.92 Å². The Hall–Kier alpha value is -0.0800. The van der Waals surface area contributed by atoms with Crippen molar-refractivity contribution in [3.63, 3.8) is 0 Å². The molecule has 0 saturated heterocycles. The third-order valence-corrected chi connectivity index (χ3v) is 4.22. The van der Waals surface area contributed by atoms with Crippen LogP contribution in [0.25, 0.3) is 0 Å². The minimum absolute atomic E-state index is 0.0878. The molecule has 0 amide bonds. The fourth-order valence-electron chi connectivity index (χ4n) is 2.63. The Balaban J connectivity index is 2.65. The highest BCUT2D eigenvalue weighted by Gasteiger charge is 2.34. The van der Waals surface area contributed by atoms with Crippen molar-refractivity contribution in [3.8, 4) is 0 Å². The van der Waals surface area contributed by atoms with Gasteiger partial charge >= 0.3 is 0 Å². The molecule has 0 bridgehead atoms. The topological polar surface area (TPSA) is 21.3 Å². The number of hydrogen-bond donors (Lipinski definition) is 1. The van der Waals surface area contributed by atoms with E-state index in [4.69, 9.17) is 4.74 Å². The molecule has 0 aromatic heterocycles. The molecule has 1 unspecified atom stereocenters. The van der Waals surface area contributed by atoms with Crippen molar-refractivity contribution < 1.29 is 4.74 Å². The van der Waals surface area contributed by atoms with E-state index < -0.39 is 0 Å². The lowest BCUT2D eigenvalue weighted by Gasteiger charge is -2.38. The molecular formula is C16H33NO. The first kappa shape index (κ1) is 16.0. The Morgan fingerprint density at radius 1 is 0.944 bits per heavy atom. The summed E-state index contributed by atoms with van der Waals surface area (Å²) < 4.78 is 6.51. The fourth-order valence-corrected chi connectivity index (χ4v) is 2.63. The molecule has 1 fully saturated rings. The maximum Gasteiger partial charge on any atom is 0.0810 e. The Labute approximate surface area is 114 Å². The average molecular weight is 255 g/mol. The monoisotopic (exact) mass is 255 g/mol. The van der Waals surface area contributed by atoms with Crippen LogP contribution in [0.4, 0.5) is 0 Å². The normalized spacial score (nSPS) is 22.2. The van der Waals surface area contributed by atoms with Crippen LogP contribution < -0.4 is 5.32 Å². The van der Waals surface area contributed by atoms with Crippen molar-refractivity contribution in [3.05, 3.63) is 0 Å². The Bertz CT molecular complexity index is 217. The summed E-state index contributed by atoms with van der Waals surface area (Å²) in [5, 5.41) is 3.60. The van der Waals surface area contributed by atoms with Gasteiger partial charge in [-0.05, 0) is 25.7 Å². The van der Waals surface area contributed by atoms with Crippen LogP contribution in [-0.2, 0) is 4.74 Å². The average Bonchev–Trinajstić information content (AvgIpc) is 2.52. The number of nitrogens with one attached hydrogen (secondary N) is 1. The lowest BCUT2D eigenvalue weighted by atomic mass is 9.92. The molecule has 0 spiro atoms. The van der Waals surface area contributed by atoms with E-state index in [0.29, 0.717) is 18.1 Å². The molecule has 1 saturated carbocycles. The Morgan fingerprint density at radius 3 is 1.94 bits per heavy atom. The van der Waals surface area contributed by atoms with Crippen LogP contribution >= 0.6 is 0 Å². The molecular weight excluding hydrogens is 222 g/mol. The van der Waals surface area contributed by atoms with Crippen molar-refractivity contribution in [1.82, 2.24) is 5.32 Å². The molecule has 2 heteroatoms. The van der Waals surface area contributed by atoms with E-state index in [1.54, 1.807) is 0 Å². The largest absolute Gasteiger partial charge is 0.370 e. The molecule has 0 aromatic carbocycles. The van der Waals surface area contributed by atoms with Gasteiger partial charge in [-0.2, -0.15) is 0 Å². The molecule has 1 N–H and O–H groups in total.